The zero-order valence-corrected chi connectivity index (χ0v) is 25.0. The normalized spacial score (nSPS) is 11.5. The SMILES string of the molecule is c1ccc(-c2cc(-c3ccccc3)nc(-n3c(-c4ccc(-n5c6ccccc6c6ccccc65)cc4)cc4ccccc43)n2)cc1. The van der Waals surface area contributed by atoms with E-state index in [9.17, 15) is 0 Å². The Bertz CT molecular complexity index is 2400. The molecule has 3 heterocycles. The topological polar surface area (TPSA) is 35.6 Å². The van der Waals surface area contributed by atoms with Gasteiger partial charge in [-0.15, -0.1) is 0 Å². The van der Waals surface area contributed by atoms with Crippen LogP contribution < -0.4 is 0 Å². The van der Waals surface area contributed by atoms with Crippen LogP contribution in [0.2, 0.25) is 0 Å². The van der Waals surface area contributed by atoms with E-state index in [1.165, 1.54) is 21.8 Å². The molecule has 0 N–H and O–H groups in total. The Labute approximate surface area is 266 Å². The molecule has 9 rings (SSSR count). The Balaban J connectivity index is 1.24. The highest BCUT2D eigenvalue weighted by atomic mass is 15.2. The van der Waals surface area contributed by atoms with Gasteiger partial charge in [0.05, 0.1) is 33.6 Å². The van der Waals surface area contributed by atoms with Gasteiger partial charge in [-0.3, -0.25) is 4.57 Å². The fraction of sp³-hybridized carbons (Fsp3) is 0. The fourth-order valence-corrected chi connectivity index (χ4v) is 6.61. The molecule has 0 unspecified atom stereocenters. The predicted octanol–water partition coefficient (Wildman–Crippen LogP) is 10.5. The van der Waals surface area contributed by atoms with E-state index in [0.717, 1.165) is 50.4 Å². The molecule has 0 saturated carbocycles. The van der Waals surface area contributed by atoms with E-state index >= 15 is 0 Å². The van der Waals surface area contributed by atoms with Gasteiger partial charge in [-0.25, -0.2) is 9.97 Å². The van der Waals surface area contributed by atoms with Crippen molar-refractivity contribution in [2.45, 2.75) is 0 Å². The number of nitrogens with zero attached hydrogens (tertiary/aromatic N) is 4. The van der Waals surface area contributed by atoms with Crippen molar-refractivity contribution in [3.05, 3.63) is 170 Å². The molecule has 0 aliphatic carbocycles. The average Bonchev–Trinajstić information content (AvgIpc) is 3.69. The minimum absolute atomic E-state index is 0.642. The molecule has 0 aliphatic rings. The van der Waals surface area contributed by atoms with Crippen molar-refractivity contribution in [2.75, 3.05) is 0 Å². The van der Waals surface area contributed by atoms with Gasteiger partial charge in [-0.05, 0) is 48.0 Å². The van der Waals surface area contributed by atoms with Crippen molar-refractivity contribution in [1.82, 2.24) is 19.1 Å². The van der Waals surface area contributed by atoms with E-state index in [1.807, 2.05) is 12.1 Å². The lowest BCUT2D eigenvalue weighted by Crippen LogP contribution is -2.05. The van der Waals surface area contributed by atoms with Gasteiger partial charge >= 0.3 is 0 Å². The molecule has 4 nitrogen and oxygen atoms in total. The average molecular weight is 589 g/mol. The third-order valence-electron chi connectivity index (χ3n) is 8.77. The van der Waals surface area contributed by atoms with Gasteiger partial charge in [0.25, 0.3) is 0 Å². The third kappa shape index (κ3) is 4.31. The Morgan fingerprint density at radius 1 is 0.370 bits per heavy atom. The second-order valence-electron chi connectivity index (χ2n) is 11.5. The van der Waals surface area contributed by atoms with Crippen LogP contribution in [0.4, 0.5) is 0 Å². The number of rotatable bonds is 5. The number of benzene rings is 6. The van der Waals surface area contributed by atoms with Crippen LogP contribution in [0, 0.1) is 0 Å². The maximum absolute atomic E-state index is 5.18. The van der Waals surface area contributed by atoms with Crippen LogP contribution in [0.3, 0.4) is 0 Å². The van der Waals surface area contributed by atoms with Gasteiger partial charge in [0.2, 0.25) is 5.95 Å². The van der Waals surface area contributed by atoms with Gasteiger partial charge in [0.15, 0.2) is 0 Å². The molecule has 216 valence electrons. The molecule has 0 spiro atoms. The molecule has 3 aromatic heterocycles. The maximum Gasteiger partial charge on any atom is 0.235 e. The second-order valence-corrected chi connectivity index (χ2v) is 11.5. The minimum atomic E-state index is 0.642. The summed E-state index contributed by atoms with van der Waals surface area (Å²) in [6.07, 6.45) is 0. The first kappa shape index (κ1) is 26.2. The molecule has 0 aliphatic heterocycles. The van der Waals surface area contributed by atoms with Gasteiger partial charge in [0.1, 0.15) is 0 Å². The molecule has 6 aromatic carbocycles. The van der Waals surface area contributed by atoms with E-state index in [4.69, 9.17) is 9.97 Å². The standard InChI is InChI=1S/C42H28N4/c1-3-13-29(14-4-1)36-28-37(30-15-5-2-6-16-30)44-42(43-36)46-38-20-10-7-17-32(38)27-41(46)31-23-25-33(26-24-31)45-39-21-11-8-18-34(39)35-19-9-12-22-40(35)45/h1-28H. The number of hydrogen-bond acceptors (Lipinski definition) is 2. The van der Waals surface area contributed by atoms with Crippen LogP contribution in [0.5, 0.6) is 0 Å². The van der Waals surface area contributed by atoms with E-state index in [-0.39, 0.29) is 0 Å². The molecule has 0 saturated heterocycles. The summed E-state index contributed by atoms with van der Waals surface area (Å²) in [4.78, 5) is 10.4. The number of aromatic nitrogens is 4. The van der Waals surface area contributed by atoms with Crippen molar-refractivity contribution < 1.29 is 0 Å². The summed E-state index contributed by atoms with van der Waals surface area (Å²) < 4.78 is 4.55. The fourth-order valence-electron chi connectivity index (χ4n) is 6.61. The summed E-state index contributed by atoms with van der Waals surface area (Å²) in [6, 6.07) is 59.5. The number of hydrogen-bond donors (Lipinski definition) is 0. The van der Waals surface area contributed by atoms with Crippen molar-refractivity contribution in [3.63, 3.8) is 0 Å². The van der Waals surface area contributed by atoms with Gasteiger partial charge in [-0.1, -0.05) is 127 Å². The monoisotopic (exact) mass is 588 g/mol. The largest absolute Gasteiger partial charge is 0.309 e. The smallest absolute Gasteiger partial charge is 0.235 e. The summed E-state index contributed by atoms with van der Waals surface area (Å²) in [5, 5.41) is 3.65. The summed E-state index contributed by atoms with van der Waals surface area (Å²) in [5.74, 6) is 0.642. The van der Waals surface area contributed by atoms with Crippen LogP contribution in [-0.2, 0) is 0 Å². The van der Waals surface area contributed by atoms with Crippen LogP contribution in [0.1, 0.15) is 0 Å². The first-order valence-electron chi connectivity index (χ1n) is 15.5. The lowest BCUT2D eigenvalue weighted by molar-refractivity contribution is 0.974. The van der Waals surface area contributed by atoms with Gasteiger partial charge in [0, 0.05) is 33.0 Å². The predicted molar refractivity (Wildman–Crippen MR) is 190 cm³/mol. The van der Waals surface area contributed by atoms with E-state index in [0.29, 0.717) is 5.95 Å². The zero-order valence-electron chi connectivity index (χ0n) is 25.0. The van der Waals surface area contributed by atoms with Gasteiger partial charge in [-0.2, -0.15) is 0 Å². The molecule has 46 heavy (non-hydrogen) atoms. The number of para-hydroxylation sites is 3. The Hall–Kier alpha value is -6.26. The molecule has 0 bridgehead atoms. The summed E-state index contributed by atoms with van der Waals surface area (Å²) in [7, 11) is 0. The van der Waals surface area contributed by atoms with Crippen molar-refractivity contribution in [1.29, 1.82) is 0 Å². The second kappa shape index (κ2) is 10.7. The molecule has 0 atom stereocenters. The highest BCUT2D eigenvalue weighted by Gasteiger charge is 2.18. The summed E-state index contributed by atoms with van der Waals surface area (Å²) in [5.41, 5.74) is 10.6. The first-order valence-corrected chi connectivity index (χ1v) is 15.5. The van der Waals surface area contributed by atoms with Crippen LogP contribution >= 0.6 is 0 Å². The lowest BCUT2D eigenvalue weighted by atomic mass is 10.1. The molecule has 0 radical (unpaired) electrons. The Morgan fingerprint density at radius 3 is 1.46 bits per heavy atom. The Morgan fingerprint density at radius 2 is 0.870 bits per heavy atom. The molecule has 0 amide bonds. The van der Waals surface area contributed by atoms with Crippen molar-refractivity contribution in [2.24, 2.45) is 0 Å². The quantitative estimate of drug-likeness (QED) is 0.200. The van der Waals surface area contributed by atoms with E-state index < -0.39 is 0 Å². The molecule has 0 fully saturated rings. The molecular weight excluding hydrogens is 560 g/mol. The van der Waals surface area contributed by atoms with Crippen molar-refractivity contribution >= 4 is 32.7 Å². The molecular formula is C42H28N4. The van der Waals surface area contributed by atoms with Crippen molar-refractivity contribution in [3.8, 4) is 45.4 Å². The zero-order chi connectivity index (χ0) is 30.5. The van der Waals surface area contributed by atoms with E-state index in [2.05, 4.69) is 167 Å². The first-order chi connectivity index (χ1) is 22.8. The summed E-state index contributed by atoms with van der Waals surface area (Å²) in [6.45, 7) is 0. The van der Waals surface area contributed by atoms with Gasteiger partial charge < -0.3 is 4.57 Å². The Kier molecular flexibility index (Phi) is 6.10. The highest BCUT2D eigenvalue weighted by molar-refractivity contribution is 6.09. The van der Waals surface area contributed by atoms with E-state index in [1.54, 1.807) is 0 Å². The lowest BCUT2D eigenvalue weighted by Gasteiger charge is -2.14. The van der Waals surface area contributed by atoms with Crippen LogP contribution in [-0.4, -0.2) is 19.1 Å². The molecule has 9 aromatic rings. The number of fused-ring (bicyclic) bond motifs is 4. The molecule has 4 heteroatoms. The van der Waals surface area contributed by atoms with Crippen LogP contribution in [0.15, 0.2) is 170 Å². The third-order valence-corrected chi connectivity index (χ3v) is 8.77. The minimum Gasteiger partial charge on any atom is -0.309 e. The maximum atomic E-state index is 5.18. The van der Waals surface area contributed by atoms with Crippen LogP contribution in [0.25, 0.3) is 78.1 Å². The summed E-state index contributed by atoms with van der Waals surface area (Å²) >= 11 is 0. The highest BCUT2D eigenvalue weighted by Crippen LogP contribution is 2.35.